The van der Waals surface area contributed by atoms with Gasteiger partial charge in [0, 0.05) is 30.2 Å². The van der Waals surface area contributed by atoms with Crippen molar-refractivity contribution < 1.29 is 0 Å². The van der Waals surface area contributed by atoms with Gasteiger partial charge in [0.25, 0.3) is 0 Å². The summed E-state index contributed by atoms with van der Waals surface area (Å²) in [6, 6.07) is 63.7. The summed E-state index contributed by atoms with van der Waals surface area (Å²) in [5, 5.41) is 11.4. The first-order chi connectivity index (χ1) is 22.3. The molecule has 0 bridgehead atoms. The molecule has 9 rings (SSSR count). The maximum Gasteiger partial charge on any atom is 0.201 e. The third-order valence-electron chi connectivity index (χ3n) is 9.49. The number of hydrogen-bond acceptors (Lipinski definition) is 2. The lowest BCUT2D eigenvalue weighted by Gasteiger charge is -2.38. The van der Waals surface area contributed by atoms with Crippen LogP contribution in [0.4, 0.5) is 0 Å². The lowest BCUT2D eigenvalue weighted by molar-refractivity contribution is 1.32. The molecule has 0 spiro atoms. The molecule has 0 unspecified atom stereocenters. The summed E-state index contributed by atoms with van der Waals surface area (Å²) >= 11 is 3.93. The van der Waals surface area contributed by atoms with Gasteiger partial charge in [-0.25, -0.2) is 0 Å². The summed E-state index contributed by atoms with van der Waals surface area (Å²) in [5.41, 5.74) is 0. The van der Waals surface area contributed by atoms with Crippen molar-refractivity contribution in [1.29, 1.82) is 0 Å². The van der Waals surface area contributed by atoms with Crippen LogP contribution in [0.15, 0.2) is 189 Å². The van der Waals surface area contributed by atoms with Crippen molar-refractivity contribution in [2.24, 2.45) is 0 Å². The molecule has 214 valence electrons. The summed E-state index contributed by atoms with van der Waals surface area (Å²) in [6.45, 7) is 0. The molecule has 3 heterocycles. The van der Waals surface area contributed by atoms with E-state index in [2.05, 4.69) is 175 Å². The van der Waals surface area contributed by atoms with Crippen LogP contribution in [0.3, 0.4) is 0 Å². The highest BCUT2D eigenvalue weighted by Crippen LogP contribution is 2.43. The number of fused-ring (bicyclic) bond motifs is 5. The monoisotopic (exact) mass is 643 g/mol. The Hall–Kier alpha value is -4.27. The molecule has 1 nitrogen and oxygen atoms in total. The van der Waals surface area contributed by atoms with Crippen LogP contribution >= 0.6 is 23.5 Å². The zero-order valence-electron chi connectivity index (χ0n) is 24.5. The largest absolute Gasteiger partial charge is 0.366 e. The molecule has 2 aliphatic rings. The van der Waals surface area contributed by atoms with Crippen LogP contribution in [0, 0.1) is 0 Å². The third kappa shape index (κ3) is 3.82. The topological polar surface area (TPSA) is 15.8 Å². The Balaban J connectivity index is 1.47. The van der Waals surface area contributed by atoms with E-state index in [0.717, 1.165) is 0 Å². The Bertz CT molecular complexity index is 1930. The lowest BCUT2D eigenvalue weighted by Crippen LogP contribution is -2.79. The number of benzene rings is 6. The Kier molecular flexibility index (Phi) is 6.42. The molecule has 1 aromatic heterocycles. The Labute approximate surface area is 274 Å². The molecular formula is C40H29NS2Si2. The highest BCUT2D eigenvalue weighted by Gasteiger charge is 2.54. The second-order valence-corrected chi connectivity index (χ2v) is 21.2. The van der Waals surface area contributed by atoms with E-state index < -0.39 is 16.1 Å². The van der Waals surface area contributed by atoms with Crippen LogP contribution < -0.4 is 41.8 Å². The fourth-order valence-electron chi connectivity index (χ4n) is 7.69. The average molecular weight is 644 g/mol. The van der Waals surface area contributed by atoms with E-state index in [1.54, 1.807) is 0 Å². The minimum absolute atomic E-state index is 1.37. The summed E-state index contributed by atoms with van der Waals surface area (Å²) in [6.07, 6.45) is 0. The van der Waals surface area contributed by atoms with Gasteiger partial charge in [-0.1, -0.05) is 181 Å². The number of hydrogen-bond donors (Lipinski definition) is 1. The van der Waals surface area contributed by atoms with Crippen molar-refractivity contribution in [3.05, 3.63) is 170 Å². The number of H-pyrrole nitrogens is 1. The molecule has 2 aliphatic heterocycles. The first-order valence-electron chi connectivity index (χ1n) is 15.4. The number of aromatic amines is 1. The van der Waals surface area contributed by atoms with Crippen LogP contribution in [-0.2, 0) is 0 Å². The van der Waals surface area contributed by atoms with Crippen LogP contribution in [-0.4, -0.2) is 21.1 Å². The molecule has 0 radical (unpaired) electrons. The van der Waals surface area contributed by atoms with Gasteiger partial charge < -0.3 is 4.98 Å². The van der Waals surface area contributed by atoms with Gasteiger partial charge in [-0.15, -0.1) is 0 Å². The molecule has 0 saturated heterocycles. The molecule has 0 amide bonds. The molecule has 6 aromatic carbocycles. The van der Waals surface area contributed by atoms with Crippen LogP contribution in [0.1, 0.15) is 0 Å². The molecule has 5 heteroatoms. The van der Waals surface area contributed by atoms with E-state index in [9.17, 15) is 0 Å². The van der Waals surface area contributed by atoms with Gasteiger partial charge in [0.05, 0.1) is 0 Å². The Morgan fingerprint density at radius 1 is 0.333 bits per heavy atom. The molecule has 0 saturated carbocycles. The maximum absolute atomic E-state index is 4.39. The van der Waals surface area contributed by atoms with E-state index >= 15 is 0 Å². The van der Waals surface area contributed by atoms with Gasteiger partial charge in [0.2, 0.25) is 16.1 Å². The van der Waals surface area contributed by atoms with Crippen LogP contribution in [0.25, 0.3) is 0 Å². The molecule has 0 fully saturated rings. The van der Waals surface area contributed by atoms with Crippen molar-refractivity contribution >= 4 is 81.4 Å². The maximum atomic E-state index is 4.39. The number of nitrogens with one attached hydrogen (secondary N) is 1. The summed E-state index contributed by atoms with van der Waals surface area (Å²) in [7, 11) is -5.45. The standard InChI is InChI=1S/C40H29NS2Si2/c1-5-17-29(18-6-1)44(30-19-7-2-8-20-30)35-27-15-13-25-33(35)42-37-38-40(41-39(37)44)45(31-21-9-3-10-22-31,32-23-11-4-12-24-32)36-28-16-14-26-34(36)43-38/h1-28,41H. The normalized spacial score (nSPS) is 15.3. The van der Waals surface area contributed by atoms with Crippen molar-refractivity contribution in [1.82, 2.24) is 4.98 Å². The van der Waals surface area contributed by atoms with E-state index in [-0.39, 0.29) is 0 Å². The lowest BCUT2D eigenvalue weighted by atomic mass is 10.3. The first kappa shape index (κ1) is 27.1. The van der Waals surface area contributed by atoms with E-state index in [1.807, 2.05) is 23.5 Å². The molecular weight excluding hydrogens is 615 g/mol. The fourth-order valence-corrected chi connectivity index (χ4v) is 22.0. The fraction of sp³-hybridized carbons (Fsp3) is 0. The number of aromatic nitrogens is 1. The smallest absolute Gasteiger partial charge is 0.201 e. The van der Waals surface area contributed by atoms with Crippen molar-refractivity contribution in [2.45, 2.75) is 19.6 Å². The minimum atomic E-state index is -2.73. The summed E-state index contributed by atoms with van der Waals surface area (Å²) < 4.78 is 0. The highest BCUT2D eigenvalue weighted by molar-refractivity contribution is 8.03. The third-order valence-corrected chi connectivity index (χ3v) is 22.3. The van der Waals surface area contributed by atoms with Gasteiger partial charge in [-0.2, -0.15) is 0 Å². The quantitative estimate of drug-likeness (QED) is 0.280. The molecule has 45 heavy (non-hydrogen) atoms. The highest BCUT2D eigenvalue weighted by atomic mass is 32.2. The Morgan fingerprint density at radius 2 is 0.622 bits per heavy atom. The molecule has 0 aliphatic carbocycles. The van der Waals surface area contributed by atoms with Gasteiger partial charge in [0.15, 0.2) is 0 Å². The predicted octanol–water partition coefficient (Wildman–Crippen LogP) is 4.70. The van der Waals surface area contributed by atoms with Crippen molar-refractivity contribution in [3.63, 3.8) is 0 Å². The SMILES string of the molecule is c1ccc([Si]2(c3ccccc3)c3ccccc3Sc3c2[nH]c2c3Sc3ccccc3[Si]2(c2ccccc2)c2ccccc2)cc1. The molecule has 1 N–H and O–H groups in total. The number of rotatable bonds is 4. The van der Waals surface area contributed by atoms with Gasteiger partial charge in [-0.3, -0.25) is 0 Å². The van der Waals surface area contributed by atoms with Gasteiger partial charge in [-0.05, 0) is 43.3 Å². The summed E-state index contributed by atoms with van der Waals surface area (Å²) in [5.74, 6) is 0. The van der Waals surface area contributed by atoms with E-state index in [0.29, 0.717) is 0 Å². The molecule has 7 aromatic rings. The predicted molar refractivity (Wildman–Crippen MR) is 196 cm³/mol. The zero-order chi connectivity index (χ0) is 29.8. The van der Waals surface area contributed by atoms with Crippen LogP contribution in [0.2, 0.25) is 0 Å². The van der Waals surface area contributed by atoms with Gasteiger partial charge in [0.1, 0.15) is 0 Å². The van der Waals surface area contributed by atoms with E-state index in [1.165, 1.54) is 61.3 Å². The van der Waals surface area contributed by atoms with Crippen molar-refractivity contribution in [2.75, 3.05) is 0 Å². The van der Waals surface area contributed by atoms with Crippen LogP contribution in [0.5, 0.6) is 0 Å². The molecule has 0 atom stereocenters. The Morgan fingerprint density at radius 3 is 0.956 bits per heavy atom. The first-order valence-corrected chi connectivity index (χ1v) is 21.0. The minimum Gasteiger partial charge on any atom is -0.366 e. The van der Waals surface area contributed by atoms with Crippen molar-refractivity contribution in [3.8, 4) is 0 Å². The second kappa shape index (κ2) is 10.7. The van der Waals surface area contributed by atoms with E-state index in [4.69, 9.17) is 0 Å². The summed E-state index contributed by atoms with van der Waals surface area (Å²) in [4.78, 5) is 9.96. The zero-order valence-corrected chi connectivity index (χ0v) is 28.1. The average Bonchev–Trinajstić information content (AvgIpc) is 3.49. The van der Waals surface area contributed by atoms with Gasteiger partial charge >= 0.3 is 0 Å². The second-order valence-electron chi connectivity index (χ2n) is 11.7.